The van der Waals surface area contributed by atoms with Crippen LogP contribution in [0.2, 0.25) is 0 Å². The Morgan fingerprint density at radius 1 is 1.37 bits per heavy atom. The quantitative estimate of drug-likeness (QED) is 0.926. The first-order chi connectivity index (χ1) is 8.86. The number of sulfone groups is 1. The van der Waals surface area contributed by atoms with Crippen molar-refractivity contribution in [2.24, 2.45) is 5.92 Å². The number of hydrogen-bond acceptors (Lipinski definition) is 3. The molecular weight excluding hydrogens is 258 g/mol. The van der Waals surface area contributed by atoms with E-state index < -0.39 is 9.84 Å². The summed E-state index contributed by atoms with van der Waals surface area (Å²) in [5.41, 5.74) is 2.15. The fourth-order valence-corrected chi connectivity index (χ4v) is 4.71. The Hall–Kier alpha value is -0.870. The molecule has 0 aliphatic carbocycles. The van der Waals surface area contributed by atoms with E-state index in [2.05, 4.69) is 32.2 Å². The summed E-state index contributed by atoms with van der Waals surface area (Å²) in [7, 11) is -3.12. The van der Waals surface area contributed by atoms with Crippen LogP contribution in [0, 0.1) is 5.92 Å². The van der Waals surface area contributed by atoms with Gasteiger partial charge in [0.05, 0.1) is 10.6 Å². The predicted octanol–water partition coefficient (Wildman–Crippen LogP) is 2.88. The number of nitrogens with one attached hydrogen (secondary N) is 1. The molecule has 1 N–H and O–H groups in total. The number of rotatable bonds is 3. The van der Waals surface area contributed by atoms with Gasteiger partial charge in [0.2, 0.25) is 0 Å². The summed E-state index contributed by atoms with van der Waals surface area (Å²) in [5, 5.41) is 3.43. The highest BCUT2D eigenvalue weighted by Gasteiger charge is 2.35. The summed E-state index contributed by atoms with van der Waals surface area (Å²) < 4.78 is 24.6. The highest BCUT2D eigenvalue weighted by Crippen LogP contribution is 2.37. The van der Waals surface area contributed by atoms with Gasteiger partial charge >= 0.3 is 0 Å². The molecule has 0 amide bonds. The van der Waals surface area contributed by atoms with E-state index in [1.54, 1.807) is 6.07 Å². The fourth-order valence-electron chi connectivity index (χ4n) is 2.82. The van der Waals surface area contributed by atoms with Gasteiger partial charge in [0.25, 0.3) is 0 Å². The molecule has 0 saturated heterocycles. The molecule has 1 heterocycles. The van der Waals surface area contributed by atoms with Crippen molar-refractivity contribution in [2.45, 2.75) is 44.6 Å². The molecule has 0 radical (unpaired) electrons. The molecule has 0 fully saturated rings. The normalized spacial score (nSPS) is 25.3. The van der Waals surface area contributed by atoms with Gasteiger partial charge in [0.15, 0.2) is 9.84 Å². The third-order valence-corrected chi connectivity index (χ3v) is 5.85. The molecular formula is C15H23NO2S. The van der Waals surface area contributed by atoms with Gasteiger partial charge in [-0.3, -0.25) is 0 Å². The van der Waals surface area contributed by atoms with Crippen LogP contribution < -0.4 is 5.32 Å². The zero-order valence-electron chi connectivity index (χ0n) is 12.1. The van der Waals surface area contributed by atoms with E-state index in [4.69, 9.17) is 0 Å². The summed E-state index contributed by atoms with van der Waals surface area (Å²) in [6, 6.07) is 5.94. The topological polar surface area (TPSA) is 46.2 Å². The molecule has 2 atom stereocenters. The van der Waals surface area contributed by atoms with Crippen LogP contribution in [0.5, 0.6) is 0 Å². The molecule has 0 aromatic heterocycles. The van der Waals surface area contributed by atoms with Crippen LogP contribution in [0.25, 0.3) is 0 Å². The number of hydrogen-bond donors (Lipinski definition) is 1. The van der Waals surface area contributed by atoms with Gasteiger partial charge in [-0.25, -0.2) is 8.42 Å². The molecule has 0 bridgehead atoms. The highest BCUT2D eigenvalue weighted by molar-refractivity contribution is 7.91. The molecule has 2 unspecified atom stereocenters. The molecule has 1 aliphatic heterocycles. The van der Waals surface area contributed by atoms with Crippen molar-refractivity contribution in [1.82, 2.24) is 5.32 Å². The van der Waals surface area contributed by atoms with Crippen molar-refractivity contribution in [2.75, 3.05) is 12.3 Å². The molecule has 1 aliphatic rings. The minimum atomic E-state index is -3.12. The van der Waals surface area contributed by atoms with Crippen molar-refractivity contribution in [3.63, 3.8) is 0 Å². The van der Waals surface area contributed by atoms with E-state index in [0.717, 1.165) is 12.1 Å². The smallest absolute Gasteiger partial charge is 0.179 e. The van der Waals surface area contributed by atoms with Crippen molar-refractivity contribution in [3.8, 4) is 0 Å². The Morgan fingerprint density at radius 2 is 2.05 bits per heavy atom. The first-order valence-corrected chi connectivity index (χ1v) is 8.62. The largest absolute Gasteiger partial charge is 0.310 e. The Bertz CT molecular complexity index is 564. The van der Waals surface area contributed by atoms with E-state index in [1.165, 1.54) is 5.56 Å². The maximum absolute atomic E-state index is 12.3. The van der Waals surface area contributed by atoms with Gasteiger partial charge in [0.1, 0.15) is 0 Å². The third kappa shape index (κ3) is 2.70. The first-order valence-electron chi connectivity index (χ1n) is 6.96. The molecule has 106 valence electrons. The average molecular weight is 281 g/mol. The molecule has 2 rings (SSSR count). The van der Waals surface area contributed by atoms with Crippen molar-refractivity contribution in [3.05, 3.63) is 29.3 Å². The minimum Gasteiger partial charge on any atom is -0.310 e. The van der Waals surface area contributed by atoms with Crippen LogP contribution in [0.4, 0.5) is 0 Å². The van der Waals surface area contributed by atoms with E-state index in [1.807, 2.05) is 13.0 Å². The lowest BCUT2D eigenvalue weighted by molar-refractivity contribution is 0.403. The maximum Gasteiger partial charge on any atom is 0.179 e. The Morgan fingerprint density at radius 3 is 2.63 bits per heavy atom. The van der Waals surface area contributed by atoms with Gasteiger partial charge in [-0.05, 0) is 35.6 Å². The lowest BCUT2D eigenvalue weighted by atomic mass is 9.91. The number of benzene rings is 1. The second-order valence-electron chi connectivity index (χ2n) is 5.75. The predicted molar refractivity (Wildman–Crippen MR) is 78.2 cm³/mol. The summed E-state index contributed by atoms with van der Waals surface area (Å²) >= 11 is 0. The van der Waals surface area contributed by atoms with E-state index in [9.17, 15) is 8.42 Å². The van der Waals surface area contributed by atoms with Crippen LogP contribution in [0.3, 0.4) is 0 Å². The van der Waals surface area contributed by atoms with Gasteiger partial charge in [-0.2, -0.15) is 0 Å². The van der Waals surface area contributed by atoms with E-state index in [-0.39, 0.29) is 17.7 Å². The second kappa shape index (κ2) is 5.25. The van der Waals surface area contributed by atoms with Gasteiger partial charge in [0, 0.05) is 6.04 Å². The summed E-state index contributed by atoms with van der Waals surface area (Å²) in [4.78, 5) is 0.515. The molecule has 0 spiro atoms. The summed E-state index contributed by atoms with van der Waals surface area (Å²) in [5.74, 6) is 0.756. The van der Waals surface area contributed by atoms with E-state index in [0.29, 0.717) is 10.8 Å². The average Bonchev–Trinajstić information content (AvgIpc) is 2.33. The zero-order valence-corrected chi connectivity index (χ0v) is 12.9. The standard InChI is InChI=1S/C15H23NO2S/c1-5-16-15-11(4)9-19(17,18)14-7-6-12(10(2)3)8-13(14)15/h6-8,10-11,15-16H,5,9H2,1-4H3. The van der Waals surface area contributed by atoms with Crippen molar-refractivity contribution >= 4 is 9.84 Å². The van der Waals surface area contributed by atoms with Crippen LogP contribution in [0.1, 0.15) is 50.8 Å². The fraction of sp³-hybridized carbons (Fsp3) is 0.600. The summed E-state index contributed by atoms with van der Waals surface area (Å²) in [6.07, 6.45) is 0. The third-order valence-electron chi connectivity index (χ3n) is 3.85. The SMILES string of the molecule is CCNC1c2cc(C(C)C)ccc2S(=O)(=O)CC1C. The second-order valence-corrected chi connectivity index (χ2v) is 7.75. The molecule has 4 heteroatoms. The van der Waals surface area contributed by atoms with Crippen LogP contribution in [-0.4, -0.2) is 20.7 Å². The monoisotopic (exact) mass is 281 g/mol. The van der Waals surface area contributed by atoms with Gasteiger partial charge < -0.3 is 5.32 Å². The Kier molecular flexibility index (Phi) is 4.02. The van der Waals surface area contributed by atoms with Crippen molar-refractivity contribution < 1.29 is 8.42 Å². The lowest BCUT2D eigenvalue weighted by Gasteiger charge is -2.32. The summed E-state index contributed by atoms with van der Waals surface area (Å²) in [6.45, 7) is 9.17. The number of fused-ring (bicyclic) bond motifs is 1. The van der Waals surface area contributed by atoms with Crippen molar-refractivity contribution in [1.29, 1.82) is 0 Å². The Labute approximate surface area is 116 Å². The van der Waals surface area contributed by atoms with E-state index >= 15 is 0 Å². The molecule has 0 saturated carbocycles. The zero-order chi connectivity index (χ0) is 14.2. The first kappa shape index (κ1) is 14.5. The Balaban J connectivity index is 2.59. The van der Waals surface area contributed by atoms with Gasteiger partial charge in [-0.15, -0.1) is 0 Å². The maximum atomic E-state index is 12.3. The van der Waals surface area contributed by atoms with Crippen LogP contribution >= 0.6 is 0 Å². The van der Waals surface area contributed by atoms with Crippen LogP contribution in [0.15, 0.2) is 23.1 Å². The minimum absolute atomic E-state index is 0.111. The highest BCUT2D eigenvalue weighted by atomic mass is 32.2. The van der Waals surface area contributed by atoms with Gasteiger partial charge in [-0.1, -0.05) is 39.8 Å². The lowest BCUT2D eigenvalue weighted by Crippen LogP contribution is -2.36. The van der Waals surface area contributed by atoms with Crippen LogP contribution in [-0.2, 0) is 9.84 Å². The molecule has 1 aromatic carbocycles. The molecule has 3 nitrogen and oxygen atoms in total. The molecule has 19 heavy (non-hydrogen) atoms. The molecule has 1 aromatic rings.